The quantitative estimate of drug-likeness (QED) is 0.470. The van der Waals surface area contributed by atoms with Gasteiger partial charge < -0.3 is 4.74 Å². The highest BCUT2D eigenvalue weighted by Crippen LogP contribution is 2.08. The van der Waals surface area contributed by atoms with Gasteiger partial charge in [-0.05, 0) is 19.8 Å². The zero-order valence-electron chi connectivity index (χ0n) is 11.1. The standard InChI is InChI=1S/C14H28O2/c1-3-5-6-7-8-9-11-14(15)12-10-13-16-4-2/h3-13H2,1-2H3. The lowest BCUT2D eigenvalue weighted by molar-refractivity contribution is -0.119. The predicted octanol–water partition coefficient (Wildman–Crippen LogP) is 4.12. The highest BCUT2D eigenvalue weighted by Gasteiger charge is 2.01. The fourth-order valence-corrected chi connectivity index (χ4v) is 1.74. The molecule has 0 atom stereocenters. The van der Waals surface area contributed by atoms with Crippen LogP contribution in [0.5, 0.6) is 0 Å². The first-order valence-corrected chi connectivity index (χ1v) is 6.90. The minimum atomic E-state index is 0.412. The number of carbonyl (C=O) groups is 1. The van der Waals surface area contributed by atoms with Crippen molar-refractivity contribution in [1.82, 2.24) is 0 Å². The Morgan fingerprint density at radius 3 is 2.19 bits per heavy atom. The summed E-state index contributed by atoms with van der Waals surface area (Å²) in [5.41, 5.74) is 0. The Labute approximate surface area is 101 Å². The third-order valence-corrected chi connectivity index (χ3v) is 2.76. The second-order valence-electron chi connectivity index (χ2n) is 4.36. The van der Waals surface area contributed by atoms with Crippen LogP contribution in [0.15, 0.2) is 0 Å². The second kappa shape index (κ2) is 12.7. The van der Waals surface area contributed by atoms with E-state index in [1.165, 1.54) is 32.1 Å². The molecule has 0 unspecified atom stereocenters. The zero-order valence-corrected chi connectivity index (χ0v) is 11.1. The van der Waals surface area contributed by atoms with E-state index in [1.54, 1.807) is 0 Å². The van der Waals surface area contributed by atoms with Crippen molar-refractivity contribution < 1.29 is 9.53 Å². The Morgan fingerprint density at radius 2 is 1.50 bits per heavy atom. The molecule has 96 valence electrons. The number of Topliss-reactive ketones (excluding diaryl/α,β-unsaturated/α-hetero) is 1. The molecule has 0 bridgehead atoms. The molecule has 0 spiro atoms. The lowest BCUT2D eigenvalue weighted by Gasteiger charge is -2.02. The molecule has 0 N–H and O–H groups in total. The zero-order chi connectivity index (χ0) is 12.1. The summed E-state index contributed by atoms with van der Waals surface area (Å²) >= 11 is 0. The van der Waals surface area contributed by atoms with Crippen LogP contribution in [0.2, 0.25) is 0 Å². The molecule has 0 aromatic rings. The molecule has 0 aliphatic rings. The topological polar surface area (TPSA) is 26.3 Å². The van der Waals surface area contributed by atoms with Gasteiger partial charge in [0, 0.05) is 26.1 Å². The predicted molar refractivity (Wildman–Crippen MR) is 68.7 cm³/mol. The molecule has 0 rings (SSSR count). The molecule has 0 amide bonds. The Bertz CT molecular complexity index is 155. The molecular formula is C14H28O2. The minimum absolute atomic E-state index is 0.412. The number of carbonyl (C=O) groups excluding carboxylic acids is 1. The van der Waals surface area contributed by atoms with Crippen molar-refractivity contribution in [3.05, 3.63) is 0 Å². The molecular weight excluding hydrogens is 200 g/mol. The molecule has 16 heavy (non-hydrogen) atoms. The maximum atomic E-state index is 11.4. The number of ketones is 1. The van der Waals surface area contributed by atoms with E-state index in [0.29, 0.717) is 12.2 Å². The van der Waals surface area contributed by atoms with Gasteiger partial charge in [0.1, 0.15) is 5.78 Å². The Balaban J connectivity index is 3.11. The third kappa shape index (κ3) is 11.7. The van der Waals surface area contributed by atoms with Gasteiger partial charge in [0.25, 0.3) is 0 Å². The molecule has 2 nitrogen and oxygen atoms in total. The summed E-state index contributed by atoms with van der Waals surface area (Å²) in [6.45, 7) is 5.70. The lowest BCUT2D eigenvalue weighted by atomic mass is 10.1. The summed E-state index contributed by atoms with van der Waals surface area (Å²) in [5.74, 6) is 0.412. The van der Waals surface area contributed by atoms with E-state index >= 15 is 0 Å². The molecule has 0 heterocycles. The van der Waals surface area contributed by atoms with Crippen molar-refractivity contribution in [2.24, 2.45) is 0 Å². The fourth-order valence-electron chi connectivity index (χ4n) is 1.74. The van der Waals surface area contributed by atoms with Crippen LogP contribution < -0.4 is 0 Å². The van der Waals surface area contributed by atoms with Crippen molar-refractivity contribution in [1.29, 1.82) is 0 Å². The van der Waals surface area contributed by atoms with E-state index < -0.39 is 0 Å². The van der Waals surface area contributed by atoms with Gasteiger partial charge in [-0.15, -0.1) is 0 Å². The first-order chi connectivity index (χ1) is 7.81. The molecule has 0 saturated heterocycles. The van der Waals surface area contributed by atoms with Crippen LogP contribution in [-0.2, 0) is 9.53 Å². The molecule has 0 saturated carbocycles. The van der Waals surface area contributed by atoms with E-state index in [4.69, 9.17) is 4.74 Å². The van der Waals surface area contributed by atoms with Gasteiger partial charge in [-0.1, -0.05) is 39.0 Å². The number of hydrogen-bond acceptors (Lipinski definition) is 2. The summed E-state index contributed by atoms with van der Waals surface area (Å²) in [5, 5.41) is 0. The largest absolute Gasteiger partial charge is 0.382 e. The van der Waals surface area contributed by atoms with Crippen LogP contribution >= 0.6 is 0 Å². The summed E-state index contributed by atoms with van der Waals surface area (Å²) in [6.07, 6.45) is 9.91. The molecule has 0 aliphatic carbocycles. The average molecular weight is 228 g/mol. The van der Waals surface area contributed by atoms with Crippen LogP contribution in [0.3, 0.4) is 0 Å². The molecule has 0 fully saturated rings. The van der Waals surface area contributed by atoms with Crippen molar-refractivity contribution in [2.45, 2.75) is 71.6 Å². The second-order valence-corrected chi connectivity index (χ2v) is 4.36. The average Bonchev–Trinajstić information content (AvgIpc) is 2.29. The Morgan fingerprint density at radius 1 is 0.875 bits per heavy atom. The van der Waals surface area contributed by atoms with Crippen LogP contribution in [0.25, 0.3) is 0 Å². The van der Waals surface area contributed by atoms with Crippen LogP contribution in [0, 0.1) is 0 Å². The van der Waals surface area contributed by atoms with Crippen molar-refractivity contribution in [2.75, 3.05) is 13.2 Å². The number of hydrogen-bond donors (Lipinski definition) is 0. The van der Waals surface area contributed by atoms with E-state index in [-0.39, 0.29) is 0 Å². The molecule has 0 radical (unpaired) electrons. The minimum Gasteiger partial charge on any atom is -0.382 e. The smallest absolute Gasteiger partial charge is 0.132 e. The summed E-state index contributed by atoms with van der Waals surface area (Å²) in [7, 11) is 0. The highest BCUT2D eigenvalue weighted by molar-refractivity contribution is 5.78. The molecule has 0 aromatic carbocycles. The van der Waals surface area contributed by atoms with Crippen LogP contribution in [0.4, 0.5) is 0 Å². The SMILES string of the molecule is CCCCCCCCC(=O)CCCOCC. The third-order valence-electron chi connectivity index (χ3n) is 2.76. The van der Waals surface area contributed by atoms with Gasteiger partial charge in [-0.25, -0.2) is 0 Å². The first-order valence-electron chi connectivity index (χ1n) is 6.90. The molecule has 0 aromatic heterocycles. The fraction of sp³-hybridized carbons (Fsp3) is 0.929. The van der Waals surface area contributed by atoms with Gasteiger partial charge in [0.2, 0.25) is 0 Å². The van der Waals surface area contributed by atoms with E-state index in [9.17, 15) is 4.79 Å². The Kier molecular flexibility index (Phi) is 12.4. The maximum absolute atomic E-state index is 11.4. The van der Waals surface area contributed by atoms with E-state index in [2.05, 4.69) is 6.92 Å². The maximum Gasteiger partial charge on any atom is 0.132 e. The van der Waals surface area contributed by atoms with Crippen molar-refractivity contribution in [3.63, 3.8) is 0 Å². The van der Waals surface area contributed by atoms with Gasteiger partial charge in [-0.3, -0.25) is 4.79 Å². The molecule has 2 heteroatoms. The Hall–Kier alpha value is -0.370. The number of ether oxygens (including phenoxy) is 1. The van der Waals surface area contributed by atoms with Crippen LogP contribution in [-0.4, -0.2) is 19.0 Å². The number of rotatable bonds is 12. The van der Waals surface area contributed by atoms with E-state index in [0.717, 1.165) is 32.5 Å². The summed E-state index contributed by atoms with van der Waals surface area (Å²) in [4.78, 5) is 11.4. The van der Waals surface area contributed by atoms with Gasteiger partial charge >= 0.3 is 0 Å². The number of unbranched alkanes of at least 4 members (excludes halogenated alkanes) is 5. The van der Waals surface area contributed by atoms with Gasteiger partial charge in [-0.2, -0.15) is 0 Å². The van der Waals surface area contributed by atoms with Crippen molar-refractivity contribution >= 4 is 5.78 Å². The first kappa shape index (κ1) is 15.6. The van der Waals surface area contributed by atoms with Gasteiger partial charge in [0.05, 0.1) is 0 Å². The van der Waals surface area contributed by atoms with Gasteiger partial charge in [0.15, 0.2) is 0 Å². The van der Waals surface area contributed by atoms with E-state index in [1.807, 2.05) is 6.92 Å². The molecule has 0 aliphatic heterocycles. The monoisotopic (exact) mass is 228 g/mol. The normalized spacial score (nSPS) is 10.6. The summed E-state index contributed by atoms with van der Waals surface area (Å²) < 4.78 is 5.20. The van der Waals surface area contributed by atoms with Crippen molar-refractivity contribution in [3.8, 4) is 0 Å². The summed E-state index contributed by atoms with van der Waals surface area (Å²) in [6, 6.07) is 0. The lowest BCUT2D eigenvalue weighted by Crippen LogP contribution is -2.01. The highest BCUT2D eigenvalue weighted by atomic mass is 16.5. The van der Waals surface area contributed by atoms with Crippen LogP contribution in [0.1, 0.15) is 71.6 Å².